The summed E-state index contributed by atoms with van der Waals surface area (Å²) >= 11 is 0. The lowest BCUT2D eigenvalue weighted by Gasteiger charge is -2.36. The summed E-state index contributed by atoms with van der Waals surface area (Å²) in [4.78, 5) is 0. The highest BCUT2D eigenvalue weighted by molar-refractivity contribution is 6.58. The molecular formula is C73H55BF2N2. The fraction of sp³-hybridized carbons (Fsp3) is 0.0822. The van der Waals surface area contributed by atoms with Crippen LogP contribution in [0, 0.1) is 37.5 Å². The molecule has 2 nitrogen and oxygen atoms in total. The molecule has 1 aromatic heterocycles. The fourth-order valence-electron chi connectivity index (χ4n) is 12.6. The third-order valence-electron chi connectivity index (χ3n) is 16.1. The van der Waals surface area contributed by atoms with E-state index in [1.807, 2.05) is 80.6 Å². The molecule has 5 heteroatoms. The Bertz CT molecular complexity index is 3890. The Morgan fingerprint density at radius 2 is 0.705 bits per heavy atom. The lowest BCUT2D eigenvalue weighted by Crippen LogP contribution is -2.51. The van der Waals surface area contributed by atoms with Gasteiger partial charge in [0.1, 0.15) is 5.71 Å². The third-order valence-corrected chi connectivity index (χ3v) is 16.1. The van der Waals surface area contributed by atoms with Crippen LogP contribution in [0.25, 0.3) is 5.57 Å². The molecule has 0 N–H and O–H groups in total. The van der Waals surface area contributed by atoms with E-state index in [-0.39, 0.29) is 0 Å². The minimum absolute atomic E-state index is 0.419. The fourth-order valence-corrected chi connectivity index (χ4v) is 12.6. The Kier molecular flexibility index (Phi) is 12.8. The van der Waals surface area contributed by atoms with Crippen LogP contribution in [0.1, 0.15) is 97.6 Å². The first-order chi connectivity index (χ1) is 38.1. The summed E-state index contributed by atoms with van der Waals surface area (Å²) in [6.07, 6.45) is 0. The SMILES string of the molecule is CC1=C(C#Cc2ccc(C(c3ccccc3)(c3ccccc3)c3ccccc3)cc2)C(C)=[N+]2C1=C(c1ccccc1)c1c(C)c(C#Cc3ccc(C(c4ccccc4)(c4ccccc4)c4ccccc4)cc3)c(C)n1[B-]2(F)F. The van der Waals surface area contributed by atoms with E-state index in [1.54, 1.807) is 13.8 Å². The van der Waals surface area contributed by atoms with E-state index in [0.717, 1.165) is 66.8 Å². The van der Waals surface area contributed by atoms with E-state index in [4.69, 9.17) is 0 Å². The minimum atomic E-state index is -4.39. The lowest BCUT2D eigenvalue weighted by atomic mass is 9.65. The van der Waals surface area contributed by atoms with Gasteiger partial charge in [-0.3, -0.25) is 0 Å². The quantitative estimate of drug-likeness (QED) is 0.0773. The van der Waals surface area contributed by atoms with Crippen molar-refractivity contribution in [3.05, 3.63) is 361 Å². The summed E-state index contributed by atoms with van der Waals surface area (Å²) in [6, 6.07) is 90.3. The Hall–Kier alpha value is -9.55. The summed E-state index contributed by atoms with van der Waals surface area (Å²) in [6.45, 7) is 3.02. The molecule has 374 valence electrons. The van der Waals surface area contributed by atoms with E-state index in [2.05, 4.69) is 218 Å². The van der Waals surface area contributed by atoms with Crippen LogP contribution in [0.15, 0.2) is 278 Å². The molecular weight excluding hydrogens is 954 g/mol. The van der Waals surface area contributed by atoms with Gasteiger partial charge in [-0.15, -0.1) is 0 Å². The molecule has 78 heavy (non-hydrogen) atoms. The standard InChI is InChI=1S/C73H55BF2N2/c1-52-67(50-44-56-40-46-65(47-41-56)72(59-28-14-6-15-29-59,60-30-16-7-17-31-60)61-32-18-8-19-33-61)54(3)77-70(52)69(58-26-12-5-13-27-58)71-53(2)68(55(4)78(71)74(77,75)76)51-45-57-42-48-66(49-43-57)73(62-34-20-9-21-35-62,63-36-22-10-23-37-63)64-38-24-11-25-39-64/h5-43,46-49H,1-4H3. The van der Waals surface area contributed by atoms with Gasteiger partial charge >= 0.3 is 6.97 Å². The molecule has 0 aliphatic carbocycles. The zero-order chi connectivity index (χ0) is 53.4. The van der Waals surface area contributed by atoms with Gasteiger partial charge in [-0.25, -0.2) is 0 Å². The van der Waals surface area contributed by atoms with Crippen LogP contribution >= 0.6 is 0 Å². The maximum Gasteiger partial charge on any atom is 0.737 e. The maximum atomic E-state index is 17.9. The zero-order valence-corrected chi connectivity index (χ0v) is 44.1. The van der Waals surface area contributed by atoms with Crippen LogP contribution in [-0.4, -0.2) is 21.6 Å². The predicted molar refractivity (Wildman–Crippen MR) is 316 cm³/mol. The van der Waals surface area contributed by atoms with Crippen LogP contribution in [0.2, 0.25) is 0 Å². The maximum absolute atomic E-state index is 17.9. The summed E-state index contributed by atoms with van der Waals surface area (Å²) in [7, 11) is 0. The smallest absolute Gasteiger partial charge is 0.392 e. The number of benzene rings is 9. The number of nitrogens with zero attached hydrogens (tertiary/aromatic N) is 2. The Balaban J connectivity index is 0.940. The summed E-state index contributed by atoms with van der Waals surface area (Å²) in [5.74, 6) is 13.7. The van der Waals surface area contributed by atoms with Crippen molar-refractivity contribution in [2.24, 2.45) is 0 Å². The van der Waals surface area contributed by atoms with Crippen LogP contribution < -0.4 is 0 Å². The zero-order valence-electron chi connectivity index (χ0n) is 44.1. The van der Waals surface area contributed by atoms with E-state index in [1.165, 1.54) is 8.96 Å². The largest absolute Gasteiger partial charge is 0.737 e. The average molecular weight is 1010 g/mol. The molecule has 0 spiro atoms. The molecule has 9 aromatic carbocycles. The van der Waals surface area contributed by atoms with Crippen LogP contribution in [0.5, 0.6) is 0 Å². The highest BCUT2D eigenvalue weighted by atomic mass is 19.2. The van der Waals surface area contributed by atoms with E-state index in [0.29, 0.717) is 45.1 Å². The molecule has 3 heterocycles. The molecule has 0 amide bonds. The highest BCUT2D eigenvalue weighted by Crippen LogP contribution is 2.49. The first kappa shape index (κ1) is 49.3. The second-order valence-electron chi connectivity index (χ2n) is 20.3. The topological polar surface area (TPSA) is 7.94 Å². The Morgan fingerprint density at radius 1 is 0.385 bits per heavy atom. The second kappa shape index (κ2) is 20.2. The summed E-state index contributed by atoms with van der Waals surface area (Å²) in [5, 5.41) is 0. The molecule has 0 unspecified atom stereocenters. The molecule has 0 fully saturated rings. The van der Waals surface area contributed by atoms with Gasteiger partial charge in [-0.1, -0.05) is 260 Å². The Morgan fingerprint density at radius 3 is 1.06 bits per heavy atom. The van der Waals surface area contributed by atoms with Crippen LogP contribution in [-0.2, 0) is 10.8 Å². The van der Waals surface area contributed by atoms with Crippen molar-refractivity contribution in [2.75, 3.05) is 0 Å². The number of rotatable bonds is 9. The highest BCUT2D eigenvalue weighted by Gasteiger charge is 2.57. The third kappa shape index (κ3) is 8.02. The van der Waals surface area contributed by atoms with Gasteiger partial charge in [0.25, 0.3) is 0 Å². The molecule has 12 rings (SSSR count). The van der Waals surface area contributed by atoms with Gasteiger partial charge in [0, 0.05) is 40.6 Å². The van der Waals surface area contributed by atoms with Crippen molar-refractivity contribution >= 4 is 18.3 Å². The molecule has 0 radical (unpaired) electrons. The van der Waals surface area contributed by atoms with Gasteiger partial charge in [0.15, 0.2) is 5.70 Å². The van der Waals surface area contributed by atoms with Gasteiger partial charge in [-0.2, -0.15) is 0 Å². The van der Waals surface area contributed by atoms with Gasteiger partial charge in [-0.05, 0) is 101 Å². The van der Waals surface area contributed by atoms with Crippen LogP contribution in [0.4, 0.5) is 8.63 Å². The van der Waals surface area contributed by atoms with Gasteiger partial charge < -0.3 is 17.6 Å². The van der Waals surface area contributed by atoms with Crippen molar-refractivity contribution in [1.82, 2.24) is 4.48 Å². The molecule has 0 bridgehead atoms. The molecule has 10 aromatic rings. The second-order valence-corrected chi connectivity index (χ2v) is 20.3. The molecule has 0 saturated carbocycles. The number of allylic oxidation sites excluding steroid dienone is 2. The van der Waals surface area contributed by atoms with Gasteiger partial charge in [0.05, 0.1) is 22.0 Å². The Labute approximate surface area is 457 Å². The number of fused-ring (bicyclic) bond motifs is 2. The summed E-state index contributed by atoms with van der Waals surface area (Å²) < 4.78 is 38.4. The molecule has 2 aliphatic rings. The number of hydrogen-bond acceptors (Lipinski definition) is 0. The monoisotopic (exact) mass is 1010 g/mol. The molecule has 0 atom stereocenters. The van der Waals surface area contributed by atoms with Crippen LogP contribution in [0.3, 0.4) is 0 Å². The number of aromatic nitrogens is 1. The van der Waals surface area contributed by atoms with Crippen molar-refractivity contribution in [2.45, 2.75) is 38.5 Å². The normalized spacial score (nSPS) is 13.8. The van der Waals surface area contributed by atoms with Gasteiger partial charge in [0.2, 0.25) is 0 Å². The van der Waals surface area contributed by atoms with Crippen molar-refractivity contribution in [1.29, 1.82) is 0 Å². The number of hydrogen-bond donors (Lipinski definition) is 0. The minimum Gasteiger partial charge on any atom is -0.392 e. The molecule has 2 aliphatic heterocycles. The molecule has 0 saturated heterocycles. The first-order valence-corrected chi connectivity index (χ1v) is 26.6. The van der Waals surface area contributed by atoms with Crippen molar-refractivity contribution < 1.29 is 13.1 Å². The van der Waals surface area contributed by atoms with E-state index < -0.39 is 17.8 Å². The van der Waals surface area contributed by atoms with E-state index in [9.17, 15) is 0 Å². The lowest BCUT2D eigenvalue weighted by molar-refractivity contribution is -0.363. The first-order valence-electron chi connectivity index (χ1n) is 26.6. The van der Waals surface area contributed by atoms with Crippen molar-refractivity contribution in [3.8, 4) is 23.7 Å². The average Bonchev–Trinajstić information content (AvgIpc) is 3.98. The predicted octanol–water partition coefficient (Wildman–Crippen LogP) is 16.1. The summed E-state index contributed by atoms with van der Waals surface area (Å²) in [5.41, 5.74) is 15.4. The van der Waals surface area contributed by atoms with Crippen molar-refractivity contribution in [3.63, 3.8) is 0 Å². The number of halogens is 2. The van der Waals surface area contributed by atoms with E-state index >= 15 is 8.63 Å².